The molecule has 1 saturated heterocycles. The average Bonchev–Trinajstić information content (AvgIpc) is 3.46. The fourth-order valence-corrected chi connectivity index (χ4v) is 3.98. The fraction of sp³-hybridized carbons (Fsp3) is 0.500. The van der Waals surface area contributed by atoms with Gasteiger partial charge in [0.05, 0.1) is 24.5 Å². The molecule has 2 heterocycles. The number of urea groups is 2. The van der Waals surface area contributed by atoms with Crippen LogP contribution in [0.3, 0.4) is 0 Å². The van der Waals surface area contributed by atoms with Crippen LogP contribution in [0.25, 0.3) is 5.69 Å². The number of likely N-dealkylation sites (tertiary alicyclic amines) is 1. The quantitative estimate of drug-likeness (QED) is 0.676. The summed E-state index contributed by atoms with van der Waals surface area (Å²) >= 11 is 0. The van der Waals surface area contributed by atoms with Crippen molar-refractivity contribution < 1.29 is 27.5 Å². The van der Waals surface area contributed by atoms with Crippen LogP contribution in [0.5, 0.6) is 5.75 Å². The second kappa shape index (κ2) is 9.16. The van der Waals surface area contributed by atoms with Crippen LogP contribution in [0.4, 0.5) is 22.8 Å². The summed E-state index contributed by atoms with van der Waals surface area (Å²) in [5.74, 6) is -0.374. The molecule has 1 aromatic heterocycles. The Bertz CT molecular complexity index is 1010. The number of alkyl halides is 3. The van der Waals surface area contributed by atoms with Crippen molar-refractivity contribution in [3.63, 3.8) is 0 Å². The molecular weight excluding hydrogens is 443 g/mol. The summed E-state index contributed by atoms with van der Waals surface area (Å²) in [7, 11) is 0. The molecule has 0 bridgehead atoms. The SMILES string of the molecule is NC(=O)N(C1CC1)[C@@H]1CCCN(C(=O)NCc2cn(-c3cccc(OC(F)(F)F)c3)nn2)C1. The number of primary amides is 1. The number of benzene rings is 1. The Balaban J connectivity index is 1.33. The Labute approximate surface area is 187 Å². The van der Waals surface area contributed by atoms with Crippen molar-refractivity contribution in [2.45, 2.75) is 50.7 Å². The molecule has 1 aliphatic carbocycles. The number of piperidine rings is 1. The number of rotatable bonds is 6. The maximum absolute atomic E-state index is 12.7. The predicted molar refractivity (Wildman–Crippen MR) is 109 cm³/mol. The normalized spacial score (nSPS) is 18.6. The van der Waals surface area contributed by atoms with Crippen molar-refractivity contribution in [2.24, 2.45) is 5.73 Å². The molecule has 2 aliphatic rings. The summed E-state index contributed by atoms with van der Waals surface area (Å²) < 4.78 is 42.5. The third-order valence-corrected chi connectivity index (χ3v) is 5.55. The molecule has 0 spiro atoms. The highest BCUT2D eigenvalue weighted by Crippen LogP contribution is 2.31. The number of nitrogens with zero attached hydrogens (tertiary/aromatic N) is 5. The molecule has 2 aromatic rings. The van der Waals surface area contributed by atoms with E-state index < -0.39 is 12.4 Å². The van der Waals surface area contributed by atoms with Crippen LogP contribution in [0.15, 0.2) is 30.5 Å². The van der Waals surface area contributed by atoms with E-state index in [2.05, 4.69) is 20.4 Å². The first-order valence-electron chi connectivity index (χ1n) is 10.6. The molecule has 3 N–H and O–H groups in total. The summed E-state index contributed by atoms with van der Waals surface area (Å²) in [6.45, 7) is 1.06. The van der Waals surface area contributed by atoms with Gasteiger partial charge < -0.3 is 25.6 Å². The minimum Gasteiger partial charge on any atom is -0.406 e. The lowest BCUT2D eigenvalue weighted by Crippen LogP contribution is -2.55. The zero-order valence-corrected chi connectivity index (χ0v) is 17.7. The number of ether oxygens (including phenoxy) is 1. The molecule has 2 fully saturated rings. The molecule has 178 valence electrons. The topological polar surface area (TPSA) is 119 Å². The Kier molecular flexibility index (Phi) is 6.29. The van der Waals surface area contributed by atoms with Crippen molar-refractivity contribution in [3.8, 4) is 11.4 Å². The van der Waals surface area contributed by atoms with E-state index in [0.717, 1.165) is 25.7 Å². The summed E-state index contributed by atoms with van der Waals surface area (Å²) in [4.78, 5) is 27.8. The monoisotopic (exact) mass is 467 g/mol. The molecule has 0 radical (unpaired) electrons. The maximum atomic E-state index is 12.7. The Morgan fingerprint density at radius 3 is 2.73 bits per heavy atom. The van der Waals surface area contributed by atoms with E-state index in [1.165, 1.54) is 29.1 Å². The van der Waals surface area contributed by atoms with Crippen molar-refractivity contribution in [3.05, 3.63) is 36.2 Å². The number of hydrogen-bond acceptors (Lipinski definition) is 5. The number of carbonyl (C=O) groups is 2. The van der Waals surface area contributed by atoms with Gasteiger partial charge in [-0.15, -0.1) is 18.3 Å². The highest BCUT2D eigenvalue weighted by Gasteiger charge is 2.38. The Hall–Kier alpha value is -3.51. The second-order valence-electron chi connectivity index (χ2n) is 8.08. The molecule has 10 nitrogen and oxygen atoms in total. The van der Waals surface area contributed by atoms with Gasteiger partial charge in [-0.25, -0.2) is 14.3 Å². The molecule has 1 aromatic carbocycles. The van der Waals surface area contributed by atoms with Crippen LogP contribution in [0.2, 0.25) is 0 Å². The van der Waals surface area contributed by atoms with Gasteiger partial charge in [-0.1, -0.05) is 11.3 Å². The van der Waals surface area contributed by atoms with Crippen molar-refractivity contribution in [1.82, 2.24) is 30.1 Å². The summed E-state index contributed by atoms with van der Waals surface area (Å²) in [6, 6.07) is 4.65. The first-order chi connectivity index (χ1) is 15.7. The second-order valence-corrected chi connectivity index (χ2v) is 8.08. The van der Waals surface area contributed by atoms with Gasteiger partial charge >= 0.3 is 18.4 Å². The summed E-state index contributed by atoms with van der Waals surface area (Å²) in [6.07, 6.45) is 0.153. The van der Waals surface area contributed by atoms with E-state index in [1.807, 2.05) is 0 Å². The van der Waals surface area contributed by atoms with Crippen LogP contribution in [-0.4, -0.2) is 68.4 Å². The van der Waals surface area contributed by atoms with Gasteiger partial charge in [-0.2, -0.15) is 0 Å². The number of nitrogens with one attached hydrogen (secondary N) is 1. The van der Waals surface area contributed by atoms with E-state index >= 15 is 0 Å². The zero-order valence-electron chi connectivity index (χ0n) is 17.7. The first-order valence-corrected chi connectivity index (χ1v) is 10.6. The highest BCUT2D eigenvalue weighted by atomic mass is 19.4. The van der Waals surface area contributed by atoms with E-state index in [1.54, 1.807) is 15.9 Å². The van der Waals surface area contributed by atoms with Crippen molar-refractivity contribution in [1.29, 1.82) is 0 Å². The lowest BCUT2D eigenvalue weighted by atomic mass is 10.0. The Morgan fingerprint density at radius 1 is 1.24 bits per heavy atom. The maximum Gasteiger partial charge on any atom is 0.573 e. The molecule has 0 unspecified atom stereocenters. The van der Waals surface area contributed by atoms with E-state index in [0.29, 0.717) is 24.5 Å². The first kappa shape index (κ1) is 22.7. The van der Waals surface area contributed by atoms with E-state index in [4.69, 9.17) is 5.73 Å². The number of aromatic nitrogens is 3. The smallest absolute Gasteiger partial charge is 0.406 e. The van der Waals surface area contributed by atoms with Gasteiger partial charge in [-0.3, -0.25) is 0 Å². The third kappa shape index (κ3) is 5.84. The zero-order chi connectivity index (χ0) is 23.6. The minimum atomic E-state index is -4.79. The number of nitrogens with two attached hydrogens (primary N) is 1. The lowest BCUT2D eigenvalue weighted by Gasteiger charge is -2.38. The van der Waals surface area contributed by atoms with Crippen molar-refractivity contribution in [2.75, 3.05) is 13.1 Å². The van der Waals surface area contributed by atoms with E-state index in [-0.39, 0.29) is 30.4 Å². The number of hydrogen-bond donors (Lipinski definition) is 2. The molecule has 4 amide bonds. The Morgan fingerprint density at radius 2 is 2.03 bits per heavy atom. The van der Waals surface area contributed by atoms with Crippen LogP contribution >= 0.6 is 0 Å². The van der Waals surface area contributed by atoms with Crippen LogP contribution in [-0.2, 0) is 6.54 Å². The lowest BCUT2D eigenvalue weighted by molar-refractivity contribution is -0.274. The third-order valence-electron chi connectivity index (χ3n) is 5.55. The predicted octanol–water partition coefficient (Wildman–Crippen LogP) is 2.38. The van der Waals surface area contributed by atoms with E-state index in [9.17, 15) is 22.8 Å². The van der Waals surface area contributed by atoms with Crippen molar-refractivity contribution >= 4 is 12.1 Å². The molecule has 1 aliphatic heterocycles. The molecule has 1 atom stereocenters. The van der Waals surface area contributed by atoms with Gasteiger partial charge in [0.2, 0.25) is 0 Å². The number of carbonyl (C=O) groups excluding carboxylic acids is 2. The molecule has 4 rings (SSSR count). The van der Waals surface area contributed by atoms with Gasteiger partial charge in [0.15, 0.2) is 0 Å². The van der Waals surface area contributed by atoms with Crippen LogP contribution in [0, 0.1) is 0 Å². The summed E-state index contributed by atoms with van der Waals surface area (Å²) in [5, 5.41) is 10.6. The van der Waals surface area contributed by atoms with Gasteiger partial charge in [0, 0.05) is 25.2 Å². The minimum absolute atomic E-state index is 0.0842. The molecule has 33 heavy (non-hydrogen) atoms. The van der Waals surface area contributed by atoms with Crippen LogP contribution < -0.4 is 15.8 Å². The molecule has 1 saturated carbocycles. The molecular formula is C20H24F3N7O3. The van der Waals surface area contributed by atoms with Gasteiger partial charge in [0.1, 0.15) is 11.4 Å². The summed E-state index contributed by atoms with van der Waals surface area (Å²) in [5.41, 5.74) is 6.29. The number of halogens is 3. The van der Waals surface area contributed by atoms with Gasteiger partial charge in [0.25, 0.3) is 0 Å². The van der Waals surface area contributed by atoms with Gasteiger partial charge in [-0.05, 0) is 37.8 Å². The number of amides is 4. The molecule has 13 heteroatoms. The average molecular weight is 467 g/mol. The highest BCUT2D eigenvalue weighted by molar-refractivity contribution is 5.75. The standard InChI is InChI=1S/C20H24F3N7O3/c21-20(22,23)33-17-5-1-3-15(9-17)29-11-13(26-27-29)10-25-19(32)28-8-2-4-16(12-28)30(18(24)31)14-6-7-14/h1,3,5,9,11,14,16H,2,4,6-8,10,12H2,(H2,24,31)(H,25,32)/t16-/m1/s1. The fourth-order valence-electron chi connectivity index (χ4n) is 3.98. The largest absolute Gasteiger partial charge is 0.573 e. The van der Waals surface area contributed by atoms with Crippen LogP contribution in [0.1, 0.15) is 31.4 Å².